The molecule has 65 valence electrons. The number of hydrogen-bond donors (Lipinski definition) is 3. The van der Waals surface area contributed by atoms with Gasteiger partial charge in [-0.1, -0.05) is 0 Å². The van der Waals surface area contributed by atoms with Crippen LogP contribution < -0.4 is 11.1 Å². The van der Waals surface area contributed by atoms with E-state index in [1.165, 1.54) is 6.92 Å². The first-order valence-electron chi connectivity index (χ1n) is 3.32. The first-order valence-corrected chi connectivity index (χ1v) is 3.32. The standard InChI is InChI=1S/C4H9NO.C2H6N2.Ru/c1-3-6-4-2-5-1;1-2(3)4;/h5H,1-4H2;1H3,(H3,3,4);/q;;+3. The van der Waals surface area contributed by atoms with Crippen molar-refractivity contribution < 1.29 is 24.2 Å². The molecule has 0 aromatic rings. The molecule has 11 heavy (non-hydrogen) atoms. The van der Waals surface area contributed by atoms with Gasteiger partial charge in [-0.3, -0.25) is 5.41 Å². The molecule has 4 nitrogen and oxygen atoms in total. The third-order valence-electron chi connectivity index (χ3n) is 0.846. The molecule has 0 atom stereocenters. The van der Waals surface area contributed by atoms with Crippen LogP contribution in [0.2, 0.25) is 0 Å². The Morgan fingerprint density at radius 3 is 1.91 bits per heavy atom. The van der Waals surface area contributed by atoms with E-state index in [9.17, 15) is 0 Å². The number of ether oxygens (including phenoxy) is 1. The SMILES string of the molecule is C1COCCN1.CC(=N)N.[Ru+3]. The van der Waals surface area contributed by atoms with Crippen LogP contribution in [0.15, 0.2) is 0 Å². The zero-order valence-electron chi connectivity index (χ0n) is 6.67. The van der Waals surface area contributed by atoms with E-state index >= 15 is 0 Å². The number of amidine groups is 1. The summed E-state index contributed by atoms with van der Waals surface area (Å²) in [5.41, 5.74) is 4.69. The maximum absolute atomic E-state index is 6.28. The average molecular weight is 246 g/mol. The molecule has 1 heterocycles. The van der Waals surface area contributed by atoms with Gasteiger partial charge < -0.3 is 15.8 Å². The summed E-state index contributed by atoms with van der Waals surface area (Å²) in [7, 11) is 0. The van der Waals surface area contributed by atoms with Crippen molar-refractivity contribution in [2.75, 3.05) is 26.3 Å². The van der Waals surface area contributed by atoms with Crippen LogP contribution in [-0.2, 0) is 24.2 Å². The monoisotopic (exact) mass is 247 g/mol. The molecular weight excluding hydrogens is 231 g/mol. The van der Waals surface area contributed by atoms with Crippen molar-refractivity contribution in [3.8, 4) is 0 Å². The van der Waals surface area contributed by atoms with Gasteiger partial charge in [0.2, 0.25) is 0 Å². The minimum absolute atomic E-state index is 0. The zero-order chi connectivity index (χ0) is 7.82. The molecule has 0 bridgehead atoms. The molecule has 0 aromatic heterocycles. The second kappa shape index (κ2) is 10.0. The molecule has 0 aromatic carbocycles. The van der Waals surface area contributed by atoms with Gasteiger partial charge in [0.25, 0.3) is 0 Å². The summed E-state index contributed by atoms with van der Waals surface area (Å²) in [4.78, 5) is 0. The smallest absolute Gasteiger partial charge is 0.388 e. The van der Waals surface area contributed by atoms with Gasteiger partial charge in [-0.2, -0.15) is 0 Å². The van der Waals surface area contributed by atoms with Gasteiger partial charge in [0.15, 0.2) is 0 Å². The maximum Gasteiger partial charge on any atom is 3.00 e. The summed E-state index contributed by atoms with van der Waals surface area (Å²) >= 11 is 0. The van der Waals surface area contributed by atoms with Gasteiger partial charge >= 0.3 is 19.5 Å². The Balaban J connectivity index is 0. The fraction of sp³-hybridized carbons (Fsp3) is 0.833. The Labute approximate surface area is 80.1 Å². The van der Waals surface area contributed by atoms with Crippen molar-refractivity contribution in [2.24, 2.45) is 5.73 Å². The molecule has 1 aliphatic rings. The molecule has 0 saturated carbocycles. The van der Waals surface area contributed by atoms with Crippen molar-refractivity contribution in [3.05, 3.63) is 0 Å². The maximum atomic E-state index is 6.28. The third kappa shape index (κ3) is 17.8. The minimum Gasteiger partial charge on any atom is -0.388 e. The second-order valence-corrected chi connectivity index (χ2v) is 2.05. The molecule has 5 heteroatoms. The van der Waals surface area contributed by atoms with Crippen LogP contribution in [0.1, 0.15) is 6.92 Å². The van der Waals surface area contributed by atoms with E-state index in [4.69, 9.17) is 15.9 Å². The summed E-state index contributed by atoms with van der Waals surface area (Å²) in [6.45, 7) is 5.36. The Morgan fingerprint density at radius 1 is 1.45 bits per heavy atom. The quantitative estimate of drug-likeness (QED) is 0.308. The number of hydrogen-bond acceptors (Lipinski definition) is 3. The third-order valence-corrected chi connectivity index (χ3v) is 0.846. The van der Waals surface area contributed by atoms with E-state index in [2.05, 4.69) is 5.32 Å². The number of rotatable bonds is 0. The van der Waals surface area contributed by atoms with Crippen molar-refractivity contribution in [2.45, 2.75) is 6.92 Å². The van der Waals surface area contributed by atoms with Gasteiger partial charge in [-0.05, 0) is 6.92 Å². The Morgan fingerprint density at radius 2 is 1.82 bits per heavy atom. The first kappa shape index (κ1) is 13.6. The molecule has 1 rings (SSSR count). The summed E-state index contributed by atoms with van der Waals surface area (Å²) in [5, 5.41) is 9.44. The molecule has 0 aliphatic carbocycles. The summed E-state index contributed by atoms with van der Waals surface area (Å²) in [6, 6.07) is 0. The Hall–Kier alpha value is 0.0134. The van der Waals surface area contributed by atoms with Gasteiger partial charge in [0.1, 0.15) is 0 Å². The van der Waals surface area contributed by atoms with Gasteiger partial charge in [0, 0.05) is 13.1 Å². The van der Waals surface area contributed by atoms with Crippen LogP contribution in [-0.4, -0.2) is 32.1 Å². The predicted octanol–water partition coefficient (Wildman–Crippen LogP) is -0.454. The summed E-state index contributed by atoms with van der Waals surface area (Å²) in [5.74, 6) is 0.167. The van der Waals surface area contributed by atoms with Crippen LogP contribution >= 0.6 is 0 Å². The molecule has 0 unspecified atom stereocenters. The van der Waals surface area contributed by atoms with E-state index in [0.717, 1.165) is 26.3 Å². The van der Waals surface area contributed by atoms with Crippen LogP contribution in [0.5, 0.6) is 0 Å². The Kier molecular flexibility index (Phi) is 12.4. The summed E-state index contributed by atoms with van der Waals surface area (Å²) in [6.07, 6.45) is 0. The first-order chi connectivity index (χ1) is 4.73. The molecule has 0 spiro atoms. The van der Waals surface area contributed by atoms with Crippen LogP contribution in [0.3, 0.4) is 0 Å². The minimum atomic E-state index is 0. The number of nitrogens with two attached hydrogens (primary N) is 1. The molecule has 0 amide bonds. The van der Waals surface area contributed by atoms with Crippen LogP contribution in [0, 0.1) is 5.41 Å². The fourth-order valence-electron chi connectivity index (χ4n) is 0.516. The molecule has 1 aliphatic heterocycles. The average Bonchev–Trinajstić information content (AvgIpc) is 1.90. The number of morpholine rings is 1. The van der Waals surface area contributed by atoms with E-state index in [-0.39, 0.29) is 25.3 Å². The zero-order valence-corrected chi connectivity index (χ0v) is 8.41. The topological polar surface area (TPSA) is 71.1 Å². The van der Waals surface area contributed by atoms with Crippen LogP contribution in [0.25, 0.3) is 0 Å². The normalized spacial score (nSPS) is 15.4. The van der Waals surface area contributed by atoms with Gasteiger partial charge in [-0.25, -0.2) is 0 Å². The van der Waals surface area contributed by atoms with E-state index in [0.29, 0.717) is 0 Å². The van der Waals surface area contributed by atoms with Gasteiger partial charge in [0.05, 0.1) is 19.0 Å². The van der Waals surface area contributed by atoms with Crippen molar-refractivity contribution >= 4 is 5.84 Å². The Bertz CT molecular complexity index is 80.3. The van der Waals surface area contributed by atoms with E-state index in [1.807, 2.05) is 0 Å². The number of nitrogens with one attached hydrogen (secondary N) is 2. The van der Waals surface area contributed by atoms with Crippen molar-refractivity contribution in [3.63, 3.8) is 0 Å². The van der Waals surface area contributed by atoms with E-state index < -0.39 is 0 Å². The molecule has 1 radical (unpaired) electrons. The van der Waals surface area contributed by atoms with Crippen molar-refractivity contribution in [1.29, 1.82) is 5.41 Å². The fourth-order valence-corrected chi connectivity index (χ4v) is 0.516. The molecule has 1 fully saturated rings. The predicted molar refractivity (Wildman–Crippen MR) is 41.3 cm³/mol. The molecule has 1 saturated heterocycles. The van der Waals surface area contributed by atoms with E-state index in [1.54, 1.807) is 0 Å². The second-order valence-electron chi connectivity index (χ2n) is 2.05. The van der Waals surface area contributed by atoms with Crippen molar-refractivity contribution in [1.82, 2.24) is 5.32 Å². The largest absolute Gasteiger partial charge is 3.00 e. The summed E-state index contributed by atoms with van der Waals surface area (Å²) < 4.78 is 5.01. The van der Waals surface area contributed by atoms with Crippen LogP contribution in [0.4, 0.5) is 0 Å². The molecule has 4 N–H and O–H groups in total. The van der Waals surface area contributed by atoms with Gasteiger partial charge in [-0.15, -0.1) is 0 Å². The molecular formula is C6H15N3ORu+3.